The summed E-state index contributed by atoms with van der Waals surface area (Å²) in [6.07, 6.45) is 0. The first-order valence-electron chi connectivity index (χ1n) is 5.90. The lowest BCUT2D eigenvalue weighted by atomic mass is 9.95. The van der Waals surface area contributed by atoms with Gasteiger partial charge in [0.2, 0.25) is 0 Å². The second-order valence-electron chi connectivity index (χ2n) is 4.27. The standard InChI is InChI=1S/C15H8N2O3/c18-16-9-14-10-5-1-3-7-12(10)15(17(19)20)13-8-4-2-6-11(13)14/h1-8H. The van der Waals surface area contributed by atoms with Crippen LogP contribution in [-0.4, -0.2) is 4.92 Å². The fourth-order valence-corrected chi connectivity index (χ4v) is 2.47. The van der Waals surface area contributed by atoms with E-state index in [0.717, 1.165) is 0 Å². The second-order valence-corrected chi connectivity index (χ2v) is 4.27. The zero-order valence-electron chi connectivity index (χ0n) is 10.2. The number of nitro benzene ring substituents is 1. The maximum absolute atomic E-state index is 11.4. The summed E-state index contributed by atoms with van der Waals surface area (Å²) in [5.41, 5.74) is 0.518. The zero-order valence-corrected chi connectivity index (χ0v) is 10.2. The van der Waals surface area contributed by atoms with Gasteiger partial charge in [-0.15, -0.1) is 0 Å². The summed E-state index contributed by atoms with van der Waals surface area (Å²) in [5.74, 6) is 0. The summed E-state index contributed by atoms with van der Waals surface area (Å²) in [6, 6.07) is 16.2. The summed E-state index contributed by atoms with van der Waals surface area (Å²) >= 11 is 0. The van der Waals surface area contributed by atoms with Gasteiger partial charge in [0.25, 0.3) is 5.69 Å². The Labute approximate surface area is 113 Å². The minimum Gasteiger partial charge on any atom is -0.498 e. The van der Waals surface area contributed by atoms with Crippen molar-refractivity contribution in [2.24, 2.45) is 0 Å². The van der Waals surface area contributed by atoms with Crippen LogP contribution >= 0.6 is 0 Å². The maximum atomic E-state index is 11.4. The minimum atomic E-state index is -0.400. The highest BCUT2D eigenvalue weighted by molar-refractivity contribution is 6.12. The molecule has 5 nitrogen and oxygen atoms in total. The Hall–Kier alpha value is -3.13. The van der Waals surface area contributed by atoms with E-state index in [2.05, 4.69) is 11.1 Å². The number of hydrogen-bond donors (Lipinski definition) is 0. The highest BCUT2D eigenvalue weighted by Gasteiger charge is 2.22. The van der Waals surface area contributed by atoms with Crippen molar-refractivity contribution < 1.29 is 4.92 Å². The molecule has 0 atom stereocenters. The van der Waals surface area contributed by atoms with Crippen molar-refractivity contribution in [3.05, 3.63) is 74.4 Å². The van der Waals surface area contributed by atoms with Gasteiger partial charge in [-0.3, -0.25) is 10.1 Å². The number of benzene rings is 3. The van der Waals surface area contributed by atoms with Gasteiger partial charge in [0, 0.05) is 15.8 Å². The molecule has 0 radical (unpaired) electrons. The lowest BCUT2D eigenvalue weighted by Crippen LogP contribution is -1.94. The molecule has 3 aromatic rings. The van der Waals surface area contributed by atoms with E-state index in [1.807, 2.05) is 0 Å². The third-order valence-corrected chi connectivity index (χ3v) is 3.24. The summed E-state index contributed by atoms with van der Waals surface area (Å²) in [6.45, 7) is 0. The summed E-state index contributed by atoms with van der Waals surface area (Å²) in [5, 5.41) is 26.8. The van der Waals surface area contributed by atoms with Crippen LogP contribution < -0.4 is 0 Å². The topological polar surface area (TPSA) is 70.6 Å². The molecule has 96 valence electrons. The average molecular weight is 264 g/mol. The molecule has 0 saturated heterocycles. The van der Waals surface area contributed by atoms with Crippen molar-refractivity contribution in [1.82, 2.24) is 0 Å². The first kappa shape index (κ1) is 11.9. The first-order valence-corrected chi connectivity index (χ1v) is 5.90. The van der Waals surface area contributed by atoms with Crippen LogP contribution in [-0.2, 0) is 0 Å². The molecular weight excluding hydrogens is 256 g/mol. The Morgan fingerprint density at radius 1 is 0.900 bits per heavy atom. The monoisotopic (exact) mass is 264 g/mol. The molecular formula is C15H8N2O3. The van der Waals surface area contributed by atoms with Crippen LogP contribution in [0.2, 0.25) is 0 Å². The quantitative estimate of drug-likeness (QED) is 0.377. The average Bonchev–Trinajstić information content (AvgIpc) is 2.47. The molecule has 0 aliphatic carbocycles. The van der Waals surface area contributed by atoms with E-state index in [9.17, 15) is 15.3 Å². The molecule has 3 aromatic carbocycles. The smallest absolute Gasteiger partial charge is 0.337 e. The molecule has 0 saturated carbocycles. The van der Waals surface area contributed by atoms with Gasteiger partial charge in [-0.05, 0) is 12.1 Å². The van der Waals surface area contributed by atoms with Crippen molar-refractivity contribution in [2.45, 2.75) is 0 Å². The molecule has 0 aliphatic heterocycles. The van der Waals surface area contributed by atoms with E-state index >= 15 is 0 Å². The normalized spacial score (nSPS) is 10.2. The van der Waals surface area contributed by atoms with Crippen molar-refractivity contribution in [3.8, 4) is 6.07 Å². The number of non-ortho nitro benzene ring substituents is 1. The third kappa shape index (κ3) is 1.63. The van der Waals surface area contributed by atoms with Crippen molar-refractivity contribution in [3.63, 3.8) is 0 Å². The van der Waals surface area contributed by atoms with Crippen molar-refractivity contribution in [1.29, 1.82) is 0 Å². The highest BCUT2D eigenvalue weighted by Crippen LogP contribution is 2.37. The van der Waals surface area contributed by atoms with Gasteiger partial charge in [-0.1, -0.05) is 36.4 Å². The molecule has 20 heavy (non-hydrogen) atoms. The van der Waals surface area contributed by atoms with Crippen LogP contribution in [0.15, 0.2) is 48.5 Å². The molecule has 0 amide bonds. The fourth-order valence-electron chi connectivity index (χ4n) is 2.47. The van der Waals surface area contributed by atoms with E-state index in [0.29, 0.717) is 27.1 Å². The molecule has 0 spiro atoms. The van der Waals surface area contributed by atoms with E-state index in [-0.39, 0.29) is 5.69 Å². The predicted octanol–water partition coefficient (Wildman–Crippen LogP) is 4.08. The van der Waals surface area contributed by atoms with Gasteiger partial charge in [0.1, 0.15) is 5.56 Å². The predicted molar refractivity (Wildman–Crippen MR) is 77.8 cm³/mol. The van der Waals surface area contributed by atoms with Crippen molar-refractivity contribution >= 4 is 27.2 Å². The summed E-state index contributed by atoms with van der Waals surface area (Å²) in [4.78, 5) is 11.0. The molecule has 0 unspecified atom stereocenters. The molecule has 0 aliphatic rings. The first-order chi connectivity index (χ1) is 9.74. The largest absolute Gasteiger partial charge is 0.498 e. The van der Waals surface area contributed by atoms with Gasteiger partial charge in [-0.25, -0.2) is 0 Å². The third-order valence-electron chi connectivity index (χ3n) is 3.24. The van der Waals surface area contributed by atoms with Gasteiger partial charge in [0.05, 0.1) is 15.7 Å². The van der Waals surface area contributed by atoms with Crippen LogP contribution in [0.25, 0.3) is 26.6 Å². The number of hydrogen-bond acceptors (Lipinski definition) is 3. The number of rotatable bonds is 1. The minimum absolute atomic E-state index is 0.0349. The van der Waals surface area contributed by atoms with E-state index in [1.165, 1.54) is 0 Å². The molecule has 0 bridgehead atoms. The van der Waals surface area contributed by atoms with Gasteiger partial charge >= 0.3 is 6.07 Å². The van der Waals surface area contributed by atoms with Gasteiger partial charge in [0.15, 0.2) is 0 Å². The van der Waals surface area contributed by atoms with Crippen molar-refractivity contribution in [2.75, 3.05) is 0 Å². The lowest BCUT2D eigenvalue weighted by molar-refractivity contribution is -0.381. The molecule has 3 rings (SSSR count). The van der Waals surface area contributed by atoms with Crippen LogP contribution in [0.1, 0.15) is 5.56 Å². The fraction of sp³-hybridized carbons (Fsp3) is 0. The number of fused-ring (bicyclic) bond motifs is 2. The number of nitrogens with zero attached hydrogens (tertiary/aromatic N) is 2. The summed E-state index contributed by atoms with van der Waals surface area (Å²) in [7, 11) is 0. The Kier molecular flexibility index (Phi) is 2.70. The van der Waals surface area contributed by atoms with Crippen LogP contribution in [0.3, 0.4) is 0 Å². The SMILES string of the molecule is O=[N+]([O-])c1c2ccccc2c(C#[N+][O-])c2ccccc12. The molecule has 0 heterocycles. The van der Waals surface area contributed by atoms with Crippen LogP contribution in [0.4, 0.5) is 5.69 Å². The molecule has 5 heteroatoms. The summed E-state index contributed by atoms with van der Waals surface area (Å²) < 4.78 is 0. The highest BCUT2D eigenvalue weighted by atomic mass is 16.6. The van der Waals surface area contributed by atoms with E-state index in [1.54, 1.807) is 48.5 Å². The van der Waals surface area contributed by atoms with E-state index in [4.69, 9.17) is 0 Å². The second kappa shape index (κ2) is 4.52. The molecule has 0 fully saturated rings. The lowest BCUT2D eigenvalue weighted by Gasteiger charge is -2.06. The van der Waals surface area contributed by atoms with E-state index < -0.39 is 4.92 Å². The Bertz CT molecular complexity index is 850. The number of nitro groups is 1. The van der Waals surface area contributed by atoms with Gasteiger partial charge in [-0.2, -0.15) is 0 Å². The Morgan fingerprint density at radius 2 is 1.35 bits per heavy atom. The van der Waals surface area contributed by atoms with Gasteiger partial charge < -0.3 is 5.21 Å². The Balaban J connectivity index is 2.68. The Morgan fingerprint density at radius 3 is 1.75 bits per heavy atom. The maximum Gasteiger partial charge on any atom is 0.337 e. The molecule has 0 aromatic heterocycles. The zero-order chi connectivity index (χ0) is 14.1. The van der Waals surface area contributed by atoms with Crippen LogP contribution in [0.5, 0.6) is 0 Å². The molecule has 0 N–H and O–H groups in total. The van der Waals surface area contributed by atoms with Crippen LogP contribution in [0, 0.1) is 21.4 Å².